The number of benzene rings is 2. The molecule has 2 aromatic heterocycles. The van der Waals surface area contributed by atoms with Crippen LogP contribution in [0.5, 0.6) is 0 Å². The standard InChI is InChI=1S/C21H22F3N5O3S.C21H19F3N4O2/c1-14-18(20(30)28-8-10-29(11-9-28)33(31,32)27(2)3)12-16(13-25)19(26-14)15-4-6-17(7-5-15)21(22,23)24;1-13-18(20(30)28-9-7-27(8-10-28)14(2)29)11-16(12-25)19(26-13)15-3-5-17(6-4-15)21(22,23)24/h4-7,12H,8-11H2,1-3H3;3-6,11H,7-10H2,1-2H3. The second kappa shape index (κ2) is 18.9. The van der Waals surface area contributed by atoms with Gasteiger partial charge < -0.3 is 14.7 Å². The zero-order chi connectivity index (χ0) is 46.6. The third-order valence-corrected chi connectivity index (χ3v) is 12.4. The summed E-state index contributed by atoms with van der Waals surface area (Å²) in [4.78, 5) is 50.8. The van der Waals surface area contributed by atoms with Crippen molar-refractivity contribution in [3.8, 4) is 34.7 Å². The normalized spacial score (nSPS) is 15.0. The number of alkyl halides is 6. The molecule has 6 rings (SSSR count). The van der Waals surface area contributed by atoms with Crippen molar-refractivity contribution in [3.05, 3.63) is 105 Å². The summed E-state index contributed by atoms with van der Waals surface area (Å²) < 4.78 is 104. The van der Waals surface area contributed by atoms with Crippen molar-refractivity contribution in [1.29, 1.82) is 10.5 Å². The molecule has 0 radical (unpaired) electrons. The predicted octanol–water partition coefficient (Wildman–Crippen LogP) is 5.76. The monoisotopic (exact) mass is 897 g/mol. The van der Waals surface area contributed by atoms with Gasteiger partial charge in [0.15, 0.2) is 0 Å². The number of piperazine rings is 2. The molecule has 3 amide bonds. The maximum Gasteiger partial charge on any atom is 0.416 e. The van der Waals surface area contributed by atoms with Crippen LogP contribution in [-0.2, 0) is 27.4 Å². The largest absolute Gasteiger partial charge is 0.416 e. The highest BCUT2D eigenvalue weighted by molar-refractivity contribution is 7.86. The highest BCUT2D eigenvalue weighted by atomic mass is 32.2. The van der Waals surface area contributed by atoms with Crippen LogP contribution in [0.25, 0.3) is 22.5 Å². The number of aryl methyl sites for hydroxylation is 2. The van der Waals surface area contributed by atoms with Crippen molar-refractivity contribution >= 4 is 27.9 Å². The Labute approximate surface area is 359 Å². The molecule has 332 valence electrons. The van der Waals surface area contributed by atoms with E-state index in [2.05, 4.69) is 9.97 Å². The molecule has 2 aromatic carbocycles. The van der Waals surface area contributed by atoms with Gasteiger partial charge in [-0.1, -0.05) is 24.3 Å². The van der Waals surface area contributed by atoms with Crippen molar-refractivity contribution < 1.29 is 49.1 Å². The van der Waals surface area contributed by atoms with Crippen LogP contribution in [0.3, 0.4) is 0 Å². The molecule has 2 saturated heterocycles. The van der Waals surface area contributed by atoms with Crippen LogP contribution < -0.4 is 0 Å². The molecule has 0 saturated carbocycles. The second-order valence-corrected chi connectivity index (χ2v) is 16.8. The van der Waals surface area contributed by atoms with Gasteiger partial charge >= 0.3 is 12.4 Å². The Morgan fingerprint density at radius 1 is 0.619 bits per heavy atom. The SMILES string of the molecule is CC(=O)N1CCN(C(=O)c2cc(C#N)c(-c3ccc(C(F)(F)F)cc3)nc2C)CC1.Cc1nc(-c2ccc(C(F)(F)F)cc2)c(C#N)cc1C(=O)N1CCN(S(=O)(=O)N(C)C)CC1. The minimum atomic E-state index is -4.48. The number of carbonyl (C=O) groups is 3. The van der Waals surface area contributed by atoms with Gasteiger partial charge in [0.1, 0.15) is 12.1 Å². The molecule has 0 N–H and O–H groups in total. The maximum absolute atomic E-state index is 13.1. The second-order valence-electron chi connectivity index (χ2n) is 14.7. The van der Waals surface area contributed by atoms with E-state index in [1.807, 2.05) is 12.1 Å². The van der Waals surface area contributed by atoms with E-state index in [1.165, 1.54) is 66.6 Å². The molecule has 2 aliphatic heterocycles. The lowest BCUT2D eigenvalue weighted by molar-refractivity contribution is -0.138. The number of carbonyl (C=O) groups excluding carboxylic acids is 3. The van der Waals surface area contributed by atoms with Gasteiger partial charge in [0.25, 0.3) is 22.0 Å². The van der Waals surface area contributed by atoms with E-state index in [0.717, 1.165) is 28.6 Å². The highest BCUT2D eigenvalue weighted by Crippen LogP contribution is 2.33. The molecule has 0 spiro atoms. The minimum absolute atomic E-state index is 0.0485. The molecule has 2 fully saturated rings. The van der Waals surface area contributed by atoms with Gasteiger partial charge in [0.2, 0.25) is 5.91 Å². The van der Waals surface area contributed by atoms with Gasteiger partial charge in [0.05, 0.1) is 56.2 Å². The van der Waals surface area contributed by atoms with Crippen LogP contribution >= 0.6 is 0 Å². The fourth-order valence-corrected chi connectivity index (χ4v) is 7.89. The molecular formula is C42H41F6N9O5S. The number of nitriles is 2. The van der Waals surface area contributed by atoms with Crippen LogP contribution in [-0.4, -0.2) is 126 Å². The topological polar surface area (TPSA) is 175 Å². The van der Waals surface area contributed by atoms with Crippen LogP contribution in [0, 0.1) is 36.5 Å². The third-order valence-electron chi connectivity index (χ3n) is 10.4. The minimum Gasteiger partial charge on any atom is -0.339 e. The van der Waals surface area contributed by atoms with E-state index in [9.17, 15) is 59.7 Å². The molecule has 0 bridgehead atoms. The molecule has 0 atom stereocenters. The fraction of sp³-hybridized carbons (Fsp3) is 0.357. The lowest BCUT2D eigenvalue weighted by Crippen LogP contribution is -2.53. The summed E-state index contributed by atoms with van der Waals surface area (Å²) in [5.41, 5.74) is 0.778. The maximum atomic E-state index is 13.1. The van der Waals surface area contributed by atoms with Crippen molar-refractivity contribution in [3.63, 3.8) is 0 Å². The number of pyridine rings is 2. The van der Waals surface area contributed by atoms with E-state index in [0.29, 0.717) is 48.7 Å². The number of amides is 3. The zero-order valence-electron chi connectivity index (χ0n) is 34.7. The summed E-state index contributed by atoms with van der Waals surface area (Å²) in [6, 6.07) is 15.4. The molecular weight excluding hydrogens is 857 g/mol. The van der Waals surface area contributed by atoms with Gasteiger partial charge in [-0.15, -0.1) is 0 Å². The van der Waals surface area contributed by atoms with Crippen molar-refractivity contribution in [1.82, 2.24) is 33.3 Å². The van der Waals surface area contributed by atoms with Crippen LogP contribution in [0.4, 0.5) is 26.3 Å². The fourth-order valence-electron chi connectivity index (χ4n) is 6.81. The molecule has 2 aliphatic rings. The summed E-state index contributed by atoms with van der Waals surface area (Å²) in [7, 11) is -0.710. The van der Waals surface area contributed by atoms with Crippen LogP contribution in [0.2, 0.25) is 0 Å². The van der Waals surface area contributed by atoms with Crippen molar-refractivity contribution in [2.45, 2.75) is 33.1 Å². The van der Waals surface area contributed by atoms with Gasteiger partial charge in [-0.05, 0) is 50.2 Å². The number of nitrogens with zero attached hydrogens (tertiary/aromatic N) is 9. The van der Waals surface area contributed by atoms with Crippen LogP contribution in [0.1, 0.15) is 61.3 Å². The van der Waals surface area contributed by atoms with E-state index in [1.54, 1.807) is 23.6 Å². The van der Waals surface area contributed by atoms with Gasteiger partial charge in [-0.3, -0.25) is 24.4 Å². The first-order valence-corrected chi connectivity index (χ1v) is 20.6. The number of rotatable bonds is 6. The smallest absolute Gasteiger partial charge is 0.339 e. The first-order valence-electron chi connectivity index (χ1n) is 19.2. The summed E-state index contributed by atoms with van der Waals surface area (Å²) in [6.07, 6.45) is -8.94. The Bertz CT molecular complexity index is 2570. The number of halogens is 6. The van der Waals surface area contributed by atoms with Crippen molar-refractivity contribution in [2.75, 3.05) is 66.5 Å². The molecule has 14 nitrogen and oxygen atoms in total. The number of hydrogen-bond acceptors (Lipinski definition) is 9. The first kappa shape index (κ1) is 47.6. The lowest BCUT2D eigenvalue weighted by Gasteiger charge is -2.35. The van der Waals surface area contributed by atoms with E-state index < -0.39 is 39.6 Å². The average Bonchev–Trinajstić information content (AvgIpc) is 3.25. The third kappa shape index (κ3) is 10.8. The van der Waals surface area contributed by atoms with Gasteiger partial charge in [-0.25, -0.2) is 0 Å². The average molecular weight is 898 g/mol. The first-order chi connectivity index (χ1) is 29.5. The quantitative estimate of drug-likeness (QED) is 0.218. The Balaban J connectivity index is 0.000000239. The summed E-state index contributed by atoms with van der Waals surface area (Å²) in [5.74, 6) is -0.733. The molecule has 4 heterocycles. The summed E-state index contributed by atoms with van der Waals surface area (Å²) in [5, 5.41) is 19.1. The Hall–Kier alpha value is -6.42. The van der Waals surface area contributed by atoms with Crippen LogP contribution in [0.15, 0.2) is 60.7 Å². The van der Waals surface area contributed by atoms with Gasteiger partial charge in [-0.2, -0.15) is 53.9 Å². The molecule has 0 unspecified atom stereocenters. The molecule has 21 heteroatoms. The summed E-state index contributed by atoms with van der Waals surface area (Å²) >= 11 is 0. The highest BCUT2D eigenvalue weighted by Gasteiger charge is 2.33. The summed E-state index contributed by atoms with van der Waals surface area (Å²) in [6.45, 7) is 6.90. The lowest BCUT2D eigenvalue weighted by atomic mass is 10.0. The number of aromatic nitrogens is 2. The molecule has 63 heavy (non-hydrogen) atoms. The number of hydrogen-bond donors (Lipinski definition) is 0. The van der Waals surface area contributed by atoms with Gasteiger partial charge in [0, 0.05) is 84.5 Å². The molecule has 4 aromatic rings. The Morgan fingerprint density at radius 3 is 1.25 bits per heavy atom. The Morgan fingerprint density at radius 2 is 0.952 bits per heavy atom. The zero-order valence-corrected chi connectivity index (χ0v) is 35.5. The predicted molar refractivity (Wildman–Crippen MR) is 216 cm³/mol. The van der Waals surface area contributed by atoms with Crippen molar-refractivity contribution in [2.24, 2.45) is 0 Å². The van der Waals surface area contributed by atoms with E-state index >= 15 is 0 Å². The Kier molecular flexibility index (Phi) is 14.3. The molecule has 0 aliphatic carbocycles. The van der Waals surface area contributed by atoms with E-state index in [4.69, 9.17) is 0 Å². The van der Waals surface area contributed by atoms with E-state index in [-0.39, 0.29) is 71.6 Å².